The van der Waals surface area contributed by atoms with Gasteiger partial charge in [-0.05, 0) is 11.8 Å². The predicted molar refractivity (Wildman–Crippen MR) is 67.9 cm³/mol. The third-order valence-electron chi connectivity index (χ3n) is 4.21. The highest BCUT2D eigenvalue weighted by Gasteiger charge is 2.39. The van der Waals surface area contributed by atoms with Crippen molar-refractivity contribution in [2.75, 3.05) is 0 Å². The summed E-state index contributed by atoms with van der Waals surface area (Å²) in [6, 6.07) is 0. The Morgan fingerprint density at radius 2 is 1.54 bits per heavy atom. The van der Waals surface area contributed by atoms with Crippen LogP contribution in [0.25, 0.3) is 0 Å². The lowest BCUT2D eigenvalue weighted by Crippen LogP contribution is -2.36. The van der Waals surface area contributed by atoms with Gasteiger partial charge in [-0.25, -0.2) is 0 Å². The number of hydrogen-bond acceptors (Lipinski definition) is 0. The minimum atomic E-state index is 0.435. The van der Waals surface area contributed by atoms with Gasteiger partial charge in [0.15, 0.2) is 0 Å². The third kappa shape index (κ3) is 2.42. The lowest BCUT2D eigenvalue weighted by atomic mass is 9.39. The first kappa shape index (κ1) is 12.9. The van der Waals surface area contributed by atoms with E-state index in [9.17, 15) is 0 Å². The van der Waals surface area contributed by atoms with E-state index in [2.05, 4.69) is 49.1 Å². The van der Waals surface area contributed by atoms with Gasteiger partial charge in [-0.15, -0.1) is 6.58 Å². The Balaban J connectivity index is 4.83. The second-order valence-corrected chi connectivity index (χ2v) is 4.72. The van der Waals surface area contributed by atoms with Gasteiger partial charge in [0.25, 0.3) is 0 Å². The Bertz CT molecular complexity index is 157. The number of hydrogen-bond donors (Lipinski definition) is 0. The first-order chi connectivity index (χ1) is 5.99. The molecule has 0 aliphatic rings. The van der Waals surface area contributed by atoms with Gasteiger partial charge in [0.2, 0.25) is 0 Å². The van der Waals surface area contributed by atoms with E-state index in [1.54, 1.807) is 0 Å². The maximum Gasteiger partial charge on any atom is 0.0999 e. The van der Waals surface area contributed by atoms with Crippen LogP contribution in [0.15, 0.2) is 12.7 Å². The molecule has 0 N–H and O–H groups in total. The van der Waals surface area contributed by atoms with Gasteiger partial charge in [0.05, 0.1) is 15.7 Å². The highest BCUT2D eigenvalue weighted by atomic mass is 14.4. The fourth-order valence-electron chi connectivity index (χ4n) is 2.42. The summed E-state index contributed by atoms with van der Waals surface area (Å²) in [5.41, 5.74) is 0.462. The van der Waals surface area contributed by atoms with Crippen molar-refractivity contribution >= 4 is 15.7 Å². The van der Waals surface area contributed by atoms with E-state index in [0.29, 0.717) is 10.6 Å². The van der Waals surface area contributed by atoms with E-state index in [4.69, 9.17) is 0 Å². The minimum absolute atomic E-state index is 0.435. The number of allylic oxidation sites excluding steroid dienone is 1. The van der Waals surface area contributed by atoms with Crippen LogP contribution >= 0.6 is 0 Å². The lowest BCUT2D eigenvalue weighted by Gasteiger charge is -2.46. The third-order valence-corrected chi connectivity index (χ3v) is 4.21. The van der Waals surface area contributed by atoms with Crippen LogP contribution in [0.1, 0.15) is 46.5 Å². The fourth-order valence-corrected chi connectivity index (χ4v) is 2.42. The standard InChI is InChI=1S/C11H24B2/c1-5-9-10(6-2,7-3)11(12,13)8-4/h5H,1,6-9,12-13H2,2-4H3. The van der Waals surface area contributed by atoms with Gasteiger partial charge in [-0.1, -0.05) is 51.3 Å². The summed E-state index contributed by atoms with van der Waals surface area (Å²) in [7, 11) is 4.78. The van der Waals surface area contributed by atoms with Gasteiger partial charge in [-0.3, -0.25) is 0 Å². The predicted octanol–water partition coefficient (Wildman–Crippen LogP) is 2.16. The van der Waals surface area contributed by atoms with Crippen molar-refractivity contribution in [1.82, 2.24) is 0 Å². The zero-order valence-corrected chi connectivity index (χ0v) is 10.1. The first-order valence-electron chi connectivity index (χ1n) is 5.60. The van der Waals surface area contributed by atoms with Gasteiger partial charge in [0.1, 0.15) is 0 Å². The van der Waals surface area contributed by atoms with Crippen molar-refractivity contribution in [2.45, 2.75) is 51.7 Å². The molecule has 0 spiro atoms. The van der Waals surface area contributed by atoms with Crippen LogP contribution in [-0.4, -0.2) is 15.7 Å². The molecule has 0 atom stereocenters. The number of rotatable bonds is 6. The summed E-state index contributed by atoms with van der Waals surface area (Å²) in [6.45, 7) is 10.8. The molecular weight excluding hydrogens is 154 g/mol. The van der Waals surface area contributed by atoms with Gasteiger partial charge in [-0.2, -0.15) is 0 Å². The second kappa shape index (κ2) is 4.93. The molecule has 0 aromatic rings. The van der Waals surface area contributed by atoms with Crippen LogP contribution in [-0.2, 0) is 0 Å². The average Bonchev–Trinajstić information content (AvgIpc) is 2.14. The Hall–Kier alpha value is -0.130. The highest BCUT2D eigenvalue weighted by molar-refractivity contribution is 6.40. The van der Waals surface area contributed by atoms with Crippen LogP contribution in [0.4, 0.5) is 0 Å². The summed E-state index contributed by atoms with van der Waals surface area (Å²) < 4.78 is 0. The van der Waals surface area contributed by atoms with E-state index in [1.165, 1.54) is 19.3 Å². The Labute approximate surface area is 86.0 Å². The maximum atomic E-state index is 3.89. The monoisotopic (exact) mass is 178 g/mol. The second-order valence-electron chi connectivity index (χ2n) is 4.72. The quantitative estimate of drug-likeness (QED) is 0.431. The molecule has 0 saturated carbocycles. The normalized spacial score (nSPS) is 12.8. The molecule has 74 valence electrons. The van der Waals surface area contributed by atoms with E-state index < -0.39 is 0 Å². The highest BCUT2D eigenvalue weighted by Crippen LogP contribution is 2.51. The molecule has 0 aliphatic carbocycles. The van der Waals surface area contributed by atoms with Crippen molar-refractivity contribution in [3.05, 3.63) is 12.7 Å². The molecule has 0 bridgehead atoms. The van der Waals surface area contributed by atoms with Crippen LogP contribution in [0.3, 0.4) is 0 Å². The Morgan fingerprint density at radius 3 is 1.77 bits per heavy atom. The lowest BCUT2D eigenvalue weighted by molar-refractivity contribution is 0.215. The SMILES string of the molecule is BC(B)(CC)C(CC)(CC)CC=C. The Morgan fingerprint density at radius 1 is 1.08 bits per heavy atom. The van der Waals surface area contributed by atoms with Crippen molar-refractivity contribution in [2.24, 2.45) is 5.41 Å². The topological polar surface area (TPSA) is 0 Å². The molecule has 0 radical (unpaired) electrons. The van der Waals surface area contributed by atoms with Crippen molar-refractivity contribution < 1.29 is 0 Å². The largest absolute Gasteiger partial charge is 0.103 e. The van der Waals surface area contributed by atoms with Crippen LogP contribution in [0.5, 0.6) is 0 Å². The van der Waals surface area contributed by atoms with Gasteiger partial charge in [0, 0.05) is 0 Å². The molecule has 2 heteroatoms. The minimum Gasteiger partial charge on any atom is -0.103 e. The van der Waals surface area contributed by atoms with Gasteiger partial charge < -0.3 is 0 Å². The van der Waals surface area contributed by atoms with Crippen molar-refractivity contribution in [3.8, 4) is 0 Å². The van der Waals surface area contributed by atoms with Crippen LogP contribution < -0.4 is 0 Å². The molecule has 0 rings (SSSR count). The van der Waals surface area contributed by atoms with Gasteiger partial charge >= 0.3 is 0 Å². The molecule has 0 nitrogen and oxygen atoms in total. The summed E-state index contributed by atoms with van der Waals surface area (Å²) in [4.78, 5) is 0. The molecule has 13 heavy (non-hydrogen) atoms. The fraction of sp³-hybridized carbons (Fsp3) is 0.818. The summed E-state index contributed by atoms with van der Waals surface area (Å²) in [6.07, 6.45) is 7.01. The van der Waals surface area contributed by atoms with E-state index in [-0.39, 0.29) is 0 Å². The smallest absolute Gasteiger partial charge is 0.0999 e. The van der Waals surface area contributed by atoms with Crippen molar-refractivity contribution in [1.29, 1.82) is 0 Å². The summed E-state index contributed by atoms with van der Waals surface area (Å²) >= 11 is 0. The molecule has 0 aliphatic heterocycles. The van der Waals surface area contributed by atoms with E-state index >= 15 is 0 Å². The molecule has 0 aromatic heterocycles. The molecule has 0 heterocycles. The zero-order chi connectivity index (χ0) is 10.5. The molecule has 0 saturated heterocycles. The summed E-state index contributed by atoms with van der Waals surface area (Å²) in [5, 5.41) is 0.435. The molecule has 0 aromatic carbocycles. The molecule has 0 unspecified atom stereocenters. The molecule has 0 fully saturated rings. The van der Waals surface area contributed by atoms with Crippen molar-refractivity contribution in [3.63, 3.8) is 0 Å². The summed E-state index contributed by atoms with van der Waals surface area (Å²) in [5.74, 6) is 0. The average molecular weight is 178 g/mol. The van der Waals surface area contributed by atoms with E-state index in [1.807, 2.05) is 0 Å². The Kier molecular flexibility index (Phi) is 4.88. The van der Waals surface area contributed by atoms with Crippen LogP contribution in [0, 0.1) is 5.41 Å². The first-order valence-corrected chi connectivity index (χ1v) is 5.60. The molecule has 0 amide bonds. The zero-order valence-electron chi connectivity index (χ0n) is 10.1. The van der Waals surface area contributed by atoms with Crippen LogP contribution in [0.2, 0.25) is 5.21 Å². The maximum absolute atomic E-state index is 3.89. The van der Waals surface area contributed by atoms with E-state index in [0.717, 1.165) is 6.42 Å². The molecular formula is C11H24B2.